The van der Waals surface area contributed by atoms with Crippen LogP contribution < -0.4 is 4.90 Å². The quantitative estimate of drug-likeness (QED) is 0.613. The first kappa shape index (κ1) is 19.9. The summed E-state index contributed by atoms with van der Waals surface area (Å²) in [6.07, 6.45) is 2.75. The lowest BCUT2D eigenvalue weighted by Crippen LogP contribution is -2.37. The molecule has 6 nitrogen and oxygen atoms in total. The summed E-state index contributed by atoms with van der Waals surface area (Å²) in [6, 6.07) is 10.5. The Labute approximate surface area is 171 Å². The average Bonchev–Trinajstić information content (AvgIpc) is 3.35. The molecular weight excluding hydrogens is 415 g/mol. The average molecular weight is 435 g/mol. The third-order valence-electron chi connectivity index (χ3n) is 4.77. The van der Waals surface area contributed by atoms with Gasteiger partial charge >= 0.3 is 0 Å². The van der Waals surface area contributed by atoms with Crippen LogP contribution in [0.25, 0.3) is 10.2 Å². The predicted molar refractivity (Wildman–Crippen MR) is 110 cm³/mol. The fourth-order valence-electron chi connectivity index (χ4n) is 3.26. The number of para-hydroxylation sites is 1. The summed E-state index contributed by atoms with van der Waals surface area (Å²) in [5.41, 5.74) is 0.556. The second-order valence-electron chi connectivity index (χ2n) is 6.93. The third-order valence-corrected chi connectivity index (χ3v) is 6.95. The van der Waals surface area contributed by atoms with E-state index in [1.807, 2.05) is 0 Å². The van der Waals surface area contributed by atoms with Crippen LogP contribution in [0.15, 0.2) is 47.4 Å². The fraction of sp³-hybridized carbons (Fsp3) is 0.300. The zero-order chi connectivity index (χ0) is 20.6. The van der Waals surface area contributed by atoms with Crippen molar-refractivity contribution in [1.82, 2.24) is 4.98 Å². The van der Waals surface area contributed by atoms with Crippen LogP contribution in [0.2, 0.25) is 0 Å². The van der Waals surface area contributed by atoms with Gasteiger partial charge in [0, 0.05) is 18.4 Å². The predicted octanol–water partition coefficient (Wildman–Crippen LogP) is 3.66. The molecule has 0 spiro atoms. The van der Waals surface area contributed by atoms with Gasteiger partial charge in [0.05, 0.1) is 22.2 Å². The molecule has 9 heteroatoms. The van der Waals surface area contributed by atoms with Crippen molar-refractivity contribution >= 4 is 42.4 Å². The summed E-state index contributed by atoms with van der Waals surface area (Å²) in [4.78, 5) is 19.2. The van der Waals surface area contributed by atoms with E-state index in [2.05, 4.69) is 4.98 Å². The fourth-order valence-corrected chi connectivity index (χ4v) is 4.88. The molecule has 2 heterocycles. The highest BCUT2D eigenvalue weighted by atomic mass is 32.2. The Hall–Kier alpha value is -2.36. The molecule has 2 aromatic carbocycles. The van der Waals surface area contributed by atoms with Crippen LogP contribution in [-0.2, 0) is 14.6 Å². The molecule has 1 fully saturated rings. The molecule has 1 saturated heterocycles. The van der Waals surface area contributed by atoms with Crippen LogP contribution in [0.5, 0.6) is 0 Å². The van der Waals surface area contributed by atoms with Crippen LogP contribution >= 0.6 is 11.3 Å². The molecule has 0 N–H and O–H groups in total. The van der Waals surface area contributed by atoms with Crippen LogP contribution in [0.1, 0.15) is 23.2 Å². The smallest absolute Gasteiger partial charge is 0.260 e. The molecule has 0 aliphatic carbocycles. The van der Waals surface area contributed by atoms with Gasteiger partial charge in [0.1, 0.15) is 11.3 Å². The highest BCUT2D eigenvalue weighted by Crippen LogP contribution is 2.32. The second-order valence-corrected chi connectivity index (χ2v) is 9.96. The van der Waals surface area contributed by atoms with E-state index in [1.54, 1.807) is 12.1 Å². The van der Waals surface area contributed by atoms with E-state index in [0.717, 1.165) is 19.1 Å². The van der Waals surface area contributed by atoms with Gasteiger partial charge in [-0.15, -0.1) is 0 Å². The van der Waals surface area contributed by atoms with Crippen molar-refractivity contribution in [1.29, 1.82) is 0 Å². The number of carbonyl (C=O) groups is 1. The van der Waals surface area contributed by atoms with Gasteiger partial charge in [-0.3, -0.25) is 9.69 Å². The molecule has 0 radical (unpaired) electrons. The van der Waals surface area contributed by atoms with E-state index in [9.17, 15) is 17.6 Å². The lowest BCUT2D eigenvalue weighted by Gasteiger charge is -2.23. The standard InChI is InChI=1S/C20H19FN2O4S2/c1-29(25,26)15-9-7-13(8-10-15)19(24)23(12-14-4-3-11-27-14)20-22-18-16(21)5-2-6-17(18)28-20/h2,5-10,14H,3-4,11-12H2,1H3. The summed E-state index contributed by atoms with van der Waals surface area (Å²) in [5, 5.41) is 0.387. The molecular formula is C20H19FN2O4S2. The Kier molecular flexibility index (Phi) is 5.37. The van der Waals surface area contributed by atoms with Crippen molar-refractivity contribution in [2.45, 2.75) is 23.8 Å². The van der Waals surface area contributed by atoms with Crippen LogP contribution in [-0.4, -0.2) is 44.8 Å². The molecule has 1 amide bonds. The van der Waals surface area contributed by atoms with Crippen molar-refractivity contribution in [2.24, 2.45) is 0 Å². The van der Waals surface area contributed by atoms with Crippen LogP contribution in [0.4, 0.5) is 9.52 Å². The number of benzene rings is 2. The molecule has 1 atom stereocenters. The molecule has 29 heavy (non-hydrogen) atoms. The maximum atomic E-state index is 14.1. The summed E-state index contributed by atoms with van der Waals surface area (Å²) in [5.74, 6) is -0.771. The van der Waals surface area contributed by atoms with Crippen molar-refractivity contribution in [2.75, 3.05) is 24.3 Å². The van der Waals surface area contributed by atoms with E-state index in [1.165, 1.54) is 46.6 Å². The number of carbonyl (C=O) groups excluding carboxylic acids is 1. The number of amides is 1. The van der Waals surface area contributed by atoms with E-state index in [-0.39, 0.29) is 22.4 Å². The Bertz CT molecular complexity index is 1150. The number of halogens is 1. The molecule has 1 unspecified atom stereocenters. The second kappa shape index (κ2) is 7.81. The van der Waals surface area contributed by atoms with Crippen LogP contribution in [0, 0.1) is 5.82 Å². The number of hydrogen-bond acceptors (Lipinski definition) is 6. The Morgan fingerprint density at radius 2 is 2.03 bits per heavy atom. The Balaban J connectivity index is 1.71. The van der Waals surface area contributed by atoms with Gasteiger partial charge in [0.25, 0.3) is 5.91 Å². The molecule has 1 aliphatic heterocycles. The van der Waals surface area contributed by atoms with Gasteiger partial charge in [-0.25, -0.2) is 17.8 Å². The minimum Gasteiger partial charge on any atom is -0.376 e. The first-order valence-corrected chi connectivity index (χ1v) is 11.8. The van der Waals surface area contributed by atoms with Crippen molar-refractivity contribution in [3.8, 4) is 0 Å². The molecule has 152 valence electrons. The molecule has 3 aromatic rings. The summed E-state index contributed by atoms with van der Waals surface area (Å²) >= 11 is 1.24. The summed E-state index contributed by atoms with van der Waals surface area (Å²) in [7, 11) is -3.36. The minimum absolute atomic E-state index is 0.119. The van der Waals surface area contributed by atoms with Gasteiger partial charge < -0.3 is 4.74 Å². The van der Waals surface area contributed by atoms with Gasteiger partial charge in [-0.1, -0.05) is 17.4 Å². The normalized spacial score (nSPS) is 17.0. The van der Waals surface area contributed by atoms with Crippen molar-refractivity contribution in [3.63, 3.8) is 0 Å². The van der Waals surface area contributed by atoms with E-state index in [0.29, 0.717) is 28.5 Å². The topological polar surface area (TPSA) is 76.6 Å². The zero-order valence-corrected chi connectivity index (χ0v) is 17.3. The van der Waals surface area contributed by atoms with E-state index in [4.69, 9.17) is 4.74 Å². The molecule has 1 aromatic heterocycles. The lowest BCUT2D eigenvalue weighted by atomic mass is 10.2. The maximum Gasteiger partial charge on any atom is 0.260 e. The number of fused-ring (bicyclic) bond motifs is 1. The van der Waals surface area contributed by atoms with Gasteiger partial charge in [-0.05, 0) is 49.2 Å². The number of nitrogens with zero attached hydrogens (tertiary/aromatic N) is 2. The minimum atomic E-state index is -3.36. The number of rotatable bonds is 5. The Morgan fingerprint density at radius 1 is 1.28 bits per heavy atom. The van der Waals surface area contributed by atoms with Crippen molar-refractivity contribution < 1.29 is 22.3 Å². The van der Waals surface area contributed by atoms with Gasteiger partial charge in [-0.2, -0.15) is 0 Å². The monoisotopic (exact) mass is 434 g/mol. The van der Waals surface area contributed by atoms with Crippen LogP contribution in [0.3, 0.4) is 0 Å². The number of anilines is 1. The molecule has 0 saturated carbocycles. The maximum absolute atomic E-state index is 14.1. The third kappa shape index (κ3) is 4.17. The lowest BCUT2D eigenvalue weighted by molar-refractivity contribution is 0.0917. The van der Waals surface area contributed by atoms with E-state index < -0.39 is 15.7 Å². The largest absolute Gasteiger partial charge is 0.376 e. The van der Waals surface area contributed by atoms with Crippen molar-refractivity contribution in [3.05, 3.63) is 53.8 Å². The first-order valence-electron chi connectivity index (χ1n) is 9.11. The van der Waals surface area contributed by atoms with Gasteiger partial charge in [0.15, 0.2) is 15.0 Å². The summed E-state index contributed by atoms with van der Waals surface area (Å²) in [6.45, 7) is 0.943. The zero-order valence-electron chi connectivity index (χ0n) is 15.7. The number of hydrogen-bond donors (Lipinski definition) is 0. The number of ether oxygens (including phenoxy) is 1. The SMILES string of the molecule is CS(=O)(=O)c1ccc(C(=O)N(CC2CCCO2)c2nc3c(F)cccc3s2)cc1. The molecule has 1 aliphatic rings. The number of thiazole rings is 1. The van der Waals surface area contributed by atoms with Gasteiger partial charge in [0.2, 0.25) is 0 Å². The Morgan fingerprint density at radius 3 is 2.66 bits per heavy atom. The first-order chi connectivity index (χ1) is 13.8. The highest BCUT2D eigenvalue weighted by Gasteiger charge is 2.27. The molecule has 4 rings (SSSR count). The highest BCUT2D eigenvalue weighted by molar-refractivity contribution is 7.90. The molecule has 0 bridgehead atoms. The summed E-state index contributed by atoms with van der Waals surface area (Å²) < 4.78 is 43.8. The van der Waals surface area contributed by atoms with E-state index >= 15 is 0 Å². The number of aromatic nitrogens is 1. The number of sulfone groups is 1.